The number of hydrogen-bond donors (Lipinski definition) is 0. The summed E-state index contributed by atoms with van der Waals surface area (Å²) in [6.07, 6.45) is 3.72. The molecule has 0 saturated heterocycles. The molecule has 4 aromatic heterocycles. The third-order valence-corrected chi connectivity index (χ3v) is 8.88. The zero-order valence-corrected chi connectivity index (χ0v) is 27.2. The van der Waals surface area contributed by atoms with Crippen LogP contribution in [0.5, 0.6) is 0 Å². The molecule has 8 aromatic rings. The van der Waals surface area contributed by atoms with Gasteiger partial charge in [-0.3, -0.25) is 8.80 Å². The van der Waals surface area contributed by atoms with Gasteiger partial charge in [-0.2, -0.15) is 0 Å². The van der Waals surface area contributed by atoms with Gasteiger partial charge in [0.2, 0.25) is 0 Å². The number of hydrogen-bond acceptors (Lipinski definition) is 4. The maximum Gasteiger partial charge on any atom is 0.148 e. The van der Waals surface area contributed by atoms with Crippen molar-refractivity contribution in [2.75, 3.05) is 0 Å². The molecule has 0 radical (unpaired) electrons. The van der Waals surface area contributed by atoms with Crippen molar-refractivity contribution in [1.29, 1.82) is 0 Å². The Morgan fingerprint density at radius 3 is 1.33 bits per heavy atom. The van der Waals surface area contributed by atoms with Crippen LogP contribution in [-0.2, 0) is 10.8 Å². The lowest BCUT2D eigenvalue weighted by Gasteiger charge is -2.21. The van der Waals surface area contributed by atoms with Crippen molar-refractivity contribution in [1.82, 2.24) is 28.7 Å². The van der Waals surface area contributed by atoms with Gasteiger partial charge in [-0.1, -0.05) is 103 Å². The lowest BCUT2D eigenvalue weighted by Crippen LogP contribution is -2.19. The fourth-order valence-electron chi connectivity index (χ4n) is 6.67. The lowest BCUT2D eigenvalue weighted by atomic mass is 9.94. The number of aromatic nitrogens is 6. The monoisotopic (exact) mass is 600 g/mol. The summed E-state index contributed by atoms with van der Waals surface area (Å²) in [6, 6.07) is 25.4. The molecule has 0 bridgehead atoms. The van der Waals surface area contributed by atoms with E-state index in [1.165, 1.54) is 0 Å². The van der Waals surface area contributed by atoms with Gasteiger partial charge in [0.05, 0.1) is 33.1 Å². The first kappa shape index (κ1) is 28.1. The molecule has 6 nitrogen and oxygen atoms in total. The van der Waals surface area contributed by atoms with Gasteiger partial charge in [0, 0.05) is 32.7 Å². The number of para-hydroxylation sites is 2. The quantitative estimate of drug-likeness (QED) is 0.202. The lowest BCUT2D eigenvalue weighted by molar-refractivity contribution is 0.542. The second kappa shape index (κ2) is 9.57. The van der Waals surface area contributed by atoms with Gasteiger partial charge in [-0.05, 0) is 47.5 Å². The van der Waals surface area contributed by atoms with Gasteiger partial charge in [0.25, 0.3) is 0 Å². The predicted octanol–water partition coefficient (Wildman–Crippen LogP) is 9.93. The molecule has 0 aliphatic heterocycles. The van der Waals surface area contributed by atoms with Gasteiger partial charge in [0.1, 0.15) is 22.9 Å². The van der Waals surface area contributed by atoms with E-state index in [0.717, 1.165) is 89.1 Å². The highest BCUT2D eigenvalue weighted by Gasteiger charge is 2.27. The standard InChI is InChI=1S/C40H36N6/c1-9-23-17-19-27-29(21-23)41-37(39(3,4)5)45-31-15-11-13-25(33(31)43-35(27)45)26-14-12-16-32-34(26)44-36-28-20-18-24(10-2)22-30(28)42-38(46(32)36)40(6,7)8/h9-22H,1-2H2,3-8H3. The summed E-state index contributed by atoms with van der Waals surface area (Å²) in [5.41, 5.74) is 11.3. The summed E-state index contributed by atoms with van der Waals surface area (Å²) in [7, 11) is 0. The second-order valence-corrected chi connectivity index (χ2v) is 14.2. The molecule has 226 valence electrons. The Kier molecular flexibility index (Phi) is 5.85. The second-order valence-electron chi connectivity index (χ2n) is 14.2. The van der Waals surface area contributed by atoms with E-state index in [1.54, 1.807) is 0 Å². The van der Waals surface area contributed by atoms with Gasteiger partial charge in [-0.15, -0.1) is 0 Å². The zero-order valence-electron chi connectivity index (χ0n) is 27.2. The van der Waals surface area contributed by atoms with E-state index >= 15 is 0 Å². The van der Waals surface area contributed by atoms with Crippen LogP contribution >= 0.6 is 0 Å². The molecule has 4 aromatic carbocycles. The van der Waals surface area contributed by atoms with E-state index in [-0.39, 0.29) is 10.8 Å². The minimum atomic E-state index is -0.218. The SMILES string of the molecule is C=Cc1ccc2c(c1)nc(C(C)(C)C)n1c3cccc(-c4cccc5c4nc4c6ccc(C=C)cc6nc(C(C)(C)C)n54)c3nc21. The number of benzene rings is 4. The first-order valence-electron chi connectivity index (χ1n) is 15.7. The normalized spacial score (nSPS) is 12.7. The maximum absolute atomic E-state index is 5.38. The first-order chi connectivity index (χ1) is 22.0. The minimum absolute atomic E-state index is 0.218. The molecule has 0 amide bonds. The molecule has 0 aliphatic carbocycles. The predicted molar refractivity (Wildman–Crippen MR) is 193 cm³/mol. The summed E-state index contributed by atoms with van der Waals surface area (Å²) in [5, 5.41) is 2.02. The molecule has 4 heterocycles. The topological polar surface area (TPSA) is 60.4 Å². The summed E-state index contributed by atoms with van der Waals surface area (Å²) < 4.78 is 4.48. The smallest absolute Gasteiger partial charge is 0.148 e. The molecule has 8 rings (SSSR count). The number of imidazole rings is 2. The Morgan fingerprint density at radius 2 is 0.957 bits per heavy atom. The van der Waals surface area contributed by atoms with Gasteiger partial charge in [0.15, 0.2) is 0 Å². The molecule has 6 heteroatoms. The molecule has 0 saturated carbocycles. The van der Waals surface area contributed by atoms with Crippen molar-refractivity contribution < 1.29 is 0 Å². The maximum atomic E-state index is 5.38. The molecular weight excluding hydrogens is 564 g/mol. The number of nitrogens with zero attached hydrogens (tertiary/aromatic N) is 6. The molecule has 46 heavy (non-hydrogen) atoms. The van der Waals surface area contributed by atoms with Crippen molar-refractivity contribution in [3.05, 3.63) is 109 Å². The fraction of sp³-hybridized carbons (Fsp3) is 0.200. The highest BCUT2D eigenvalue weighted by molar-refractivity contribution is 6.07. The van der Waals surface area contributed by atoms with Gasteiger partial charge < -0.3 is 0 Å². The average Bonchev–Trinajstić information content (AvgIpc) is 3.62. The summed E-state index contributed by atoms with van der Waals surface area (Å²) in [6.45, 7) is 21.2. The minimum Gasteiger partial charge on any atom is -0.279 e. The van der Waals surface area contributed by atoms with Gasteiger partial charge in [-0.25, -0.2) is 19.9 Å². The van der Waals surface area contributed by atoms with E-state index in [2.05, 4.69) is 136 Å². The van der Waals surface area contributed by atoms with Crippen molar-refractivity contribution >= 4 is 67.3 Å². The van der Waals surface area contributed by atoms with Crippen LogP contribution in [0.1, 0.15) is 64.3 Å². The van der Waals surface area contributed by atoms with E-state index in [9.17, 15) is 0 Å². The summed E-state index contributed by atoms with van der Waals surface area (Å²) in [4.78, 5) is 21.2. The van der Waals surface area contributed by atoms with E-state index in [4.69, 9.17) is 19.9 Å². The Balaban J connectivity index is 1.49. The highest BCUT2D eigenvalue weighted by atomic mass is 15.1. The Bertz CT molecular complexity index is 2400. The fourth-order valence-corrected chi connectivity index (χ4v) is 6.67. The third-order valence-electron chi connectivity index (χ3n) is 8.88. The van der Waals surface area contributed by atoms with Crippen LogP contribution in [0.3, 0.4) is 0 Å². The van der Waals surface area contributed by atoms with Crippen LogP contribution in [0.4, 0.5) is 0 Å². The van der Waals surface area contributed by atoms with E-state index in [1.807, 2.05) is 12.2 Å². The van der Waals surface area contributed by atoms with Crippen molar-refractivity contribution in [3.63, 3.8) is 0 Å². The number of rotatable bonds is 3. The third kappa shape index (κ3) is 4.02. The first-order valence-corrected chi connectivity index (χ1v) is 15.7. The summed E-state index contributed by atoms with van der Waals surface area (Å²) in [5.74, 6) is 1.93. The number of fused-ring (bicyclic) bond motifs is 10. The zero-order chi connectivity index (χ0) is 32.1. The Hall–Kier alpha value is -5.36. The van der Waals surface area contributed by atoms with Crippen LogP contribution < -0.4 is 0 Å². The van der Waals surface area contributed by atoms with Crippen LogP contribution in [0.2, 0.25) is 0 Å². The molecule has 0 unspecified atom stereocenters. The van der Waals surface area contributed by atoms with Crippen LogP contribution in [0, 0.1) is 0 Å². The molecule has 0 aliphatic rings. The molecule has 0 spiro atoms. The van der Waals surface area contributed by atoms with Crippen LogP contribution in [-0.4, -0.2) is 28.7 Å². The summed E-state index contributed by atoms with van der Waals surface area (Å²) >= 11 is 0. The Morgan fingerprint density at radius 1 is 0.543 bits per heavy atom. The van der Waals surface area contributed by atoms with E-state index < -0.39 is 0 Å². The highest BCUT2D eigenvalue weighted by Crippen LogP contribution is 2.39. The molecule has 0 N–H and O–H groups in total. The molecule has 0 fully saturated rings. The van der Waals surface area contributed by atoms with Crippen LogP contribution in [0.15, 0.2) is 86.0 Å². The van der Waals surface area contributed by atoms with Crippen molar-refractivity contribution in [2.24, 2.45) is 0 Å². The largest absolute Gasteiger partial charge is 0.279 e. The van der Waals surface area contributed by atoms with Gasteiger partial charge >= 0.3 is 0 Å². The van der Waals surface area contributed by atoms with E-state index in [0.29, 0.717) is 0 Å². The van der Waals surface area contributed by atoms with Crippen LogP contribution in [0.25, 0.3) is 78.4 Å². The Labute approximate surface area is 267 Å². The van der Waals surface area contributed by atoms with Crippen molar-refractivity contribution in [3.8, 4) is 11.1 Å². The molecule has 0 atom stereocenters. The average molecular weight is 601 g/mol. The molecular formula is C40H36N6. The van der Waals surface area contributed by atoms with Crippen molar-refractivity contribution in [2.45, 2.75) is 52.4 Å².